The molecule has 2 aromatic rings. The third kappa shape index (κ3) is 5.62. The summed E-state index contributed by atoms with van der Waals surface area (Å²) in [5.41, 5.74) is 1.54. The van der Waals surface area contributed by atoms with Crippen LogP contribution in [0.5, 0.6) is 5.75 Å². The van der Waals surface area contributed by atoms with Crippen molar-refractivity contribution in [1.29, 1.82) is 0 Å². The Hall–Kier alpha value is -2.82. The van der Waals surface area contributed by atoms with E-state index in [0.717, 1.165) is 18.4 Å². The smallest absolute Gasteiger partial charge is 0.407 e. The zero-order chi connectivity index (χ0) is 18.9. The summed E-state index contributed by atoms with van der Waals surface area (Å²) < 4.78 is 5.70. The minimum atomic E-state index is -1.07. The van der Waals surface area contributed by atoms with Crippen molar-refractivity contribution < 1.29 is 19.4 Å². The first-order valence-electron chi connectivity index (χ1n) is 8.80. The lowest BCUT2D eigenvalue weighted by Gasteiger charge is -2.25. The number of ketones is 1. The highest BCUT2D eigenvalue weighted by molar-refractivity contribution is 5.98. The number of hydrogen-bond donors (Lipinski definition) is 1. The van der Waals surface area contributed by atoms with E-state index in [-0.39, 0.29) is 18.4 Å². The Morgan fingerprint density at radius 1 is 1.08 bits per heavy atom. The number of nitrogens with zero attached hydrogens (tertiary/aromatic N) is 1. The summed E-state index contributed by atoms with van der Waals surface area (Å²) in [7, 11) is 0. The van der Waals surface area contributed by atoms with Crippen molar-refractivity contribution >= 4 is 11.9 Å². The molecule has 2 aromatic carbocycles. The Morgan fingerprint density at radius 2 is 1.73 bits per heavy atom. The number of amides is 1. The van der Waals surface area contributed by atoms with Crippen molar-refractivity contribution in [1.82, 2.24) is 4.90 Å². The summed E-state index contributed by atoms with van der Waals surface area (Å²) in [6, 6.07) is 16.4. The maximum atomic E-state index is 12.4. The van der Waals surface area contributed by atoms with Gasteiger partial charge in [-0.2, -0.15) is 0 Å². The molecular formula is C21H25NO4. The number of Topliss-reactive ketones (excluding diaryl/α,β-unsaturated/α-hetero) is 1. The van der Waals surface area contributed by atoms with Crippen molar-refractivity contribution in [3.63, 3.8) is 0 Å². The van der Waals surface area contributed by atoms with Gasteiger partial charge in [0, 0.05) is 11.6 Å². The molecule has 0 radical (unpaired) electrons. The summed E-state index contributed by atoms with van der Waals surface area (Å²) in [6.45, 7) is 4.13. The van der Waals surface area contributed by atoms with E-state index >= 15 is 0 Å². The molecular weight excluding hydrogens is 330 g/mol. The second-order valence-corrected chi connectivity index (χ2v) is 6.27. The SMILES string of the molecule is CCC[C@H](C)N(CC(=O)c1ccc(OCc2ccccc2)cc1)C(=O)O. The molecule has 0 heterocycles. The van der Waals surface area contributed by atoms with Gasteiger partial charge in [0.25, 0.3) is 0 Å². The van der Waals surface area contributed by atoms with E-state index < -0.39 is 6.09 Å². The molecule has 5 heteroatoms. The van der Waals surface area contributed by atoms with Gasteiger partial charge in [-0.15, -0.1) is 0 Å². The van der Waals surface area contributed by atoms with Crippen LogP contribution in [0.25, 0.3) is 0 Å². The first-order chi connectivity index (χ1) is 12.5. The van der Waals surface area contributed by atoms with Crippen LogP contribution in [-0.2, 0) is 6.61 Å². The fourth-order valence-electron chi connectivity index (χ4n) is 2.71. The number of hydrogen-bond acceptors (Lipinski definition) is 3. The third-order valence-electron chi connectivity index (χ3n) is 4.22. The molecule has 1 amide bonds. The molecule has 0 bridgehead atoms. The predicted octanol–water partition coefficient (Wildman–Crippen LogP) is 4.62. The lowest BCUT2D eigenvalue weighted by atomic mass is 10.1. The molecule has 0 aromatic heterocycles. The maximum Gasteiger partial charge on any atom is 0.407 e. The topological polar surface area (TPSA) is 66.8 Å². The minimum absolute atomic E-state index is 0.138. The Labute approximate surface area is 154 Å². The van der Waals surface area contributed by atoms with E-state index in [9.17, 15) is 14.7 Å². The van der Waals surface area contributed by atoms with E-state index in [2.05, 4.69) is 0 Å². The van der Waals surface area contributed by atoms with Gasteiger partial charge in [0.05, 0.1) is 6.54 Å². The normalized spacial score (nSPS) is 11.6. The van der Waals surface area contributed by atoms with Gasteiger partial charge < -0.3 is 9.84 Å². The van der Waals surface area contributed by atoms with Gasteiger partial charge in [0.2, 0.25) is 0 Å². The molecule has 0 aliphatic rings. The number of carbonyl (C=O) groups is 2. The molecule has 0 unspecified atom stereocenters. The van der Waals surface area contributed by atoms with Crippen LogP contribution in [0.2, 0.25) is 0 Å². The fraction of sp³-hybridized carbons (Fsp3) is 0.333. The van der Waals surface area contributed by atoms with Crippen molar-refractivity contribution in [2.45, 2.75) is 39.3 Å². The van der Waals surface area contributed by atoms with E-state index in [1.807, 2.05) is 44.2 Å². The summed E-state index contributed by atoms with van der Waals surface area (Å²) in [5.74, 6) is 0.449. The first-order valence-corrected chi connectivity index (χ1v) is 8.80. The lowest BCUT2D eigenvalue weighted by molar-refractivity contribution is 0.0859. The summed E-state index contributed by atoms with van der Waals surface area (Å²) >= 11 is 0. The highest BCUT2D eigenvalue weighted by Gasteiger charge is 2.22. The summed E-state index contributed by atoms with van der Waals surface area (Å²) in [5, 5.41) is 9.34. The molecule has 0 aliphatic heterocycles. The molecule has 5 nitrogen and oxygen atoms in total. The average molecular weight is 355 g/mol. The molecule has 138 valence electrons. The number of rotatable bonds is 9. The predicted molar refractivity (Wildman–Crippen MR) is 101 cm³/mol. The fourth-order valence-corrected chi connectivity index (χ4v) is 2.71. The quantitative estimate of drug-likeness (QED) is 0.667. The Morgan fingerprint density at radius 3 is 2.31 bits per heavy atom. The van der Waals surface area contributed by atoms with Crippen molar-refractivity contribution in [2.24, 2.45) is 0 Å². The molecule has 26 heavy (non-hydrogen) atoms. The van der Waals surface area contributed by atoms with Crippen LogP contribution in [0.1, 0.15) is 42.6 Å². The molecule has 0 saturated carbocycles. The van der Waals surface area contributed by atoms with Crippen molar-refractivity contribution in [3.05, 3.63) is 65.7 Å². The van der Waals surface area contributed by atoms with Crippen molar-refractivity contribution in [2.75, 3.05) is 6.54 Å². The molecule has 1 atom stereocenters. The van der Waals surface area contributed by atoms with Crippen LogP contribution in [-0.4, -0.2) is 34.5 Å². The largest absolute Gasteiger partial charge is 0.489 e. The van der Waals surface area contributed by atoms with Crippen LogP contribution in [0.15, 0.2) is 54.6 Å². The number of carbonyl (C=O) groups excluding carboxylic acids is 1. The summed E-state index contributed by atoms with van der Waals surface area (Å²) in [4.78, 5) is 25.0. The molecule has 0 spiro atoms. The van der Waals surface area contributed by atoms with Crippen LogP contribution in [0.3, 0.4) is 0 Å². The standard InChI is InChI=1S/C21H25NO4/c1-3-7-16(2)22(21(24)25)14-20(23)18-10-12-19(13-11-18)26-15-17-8-5-4-6-9-17/h4-6,8-13,16H,3,7,14-15H2,1-2H3,(H,24,25)/t16-/m0/s1. The van der Waals surface area contributed by atoms with Gasteiger partial charge in [-0.25, -0.2) is 4.79 Å². The van der Waals surface area contributed by atoms with Gasteiger partial charge in [-0.05, 0) is 43.2 Å². The third-order valence-corrected chi connectivity index (χ3v) is 4.22. The lowest BCUT2D eigenvalue weighted by Crippen LogP contribution is -2.41. The Bertz CT molecular complexity index is 713. The number of carboxylic acid groups (broad SMARTS) is 1. The van der Waals surface area contributed by atoms with Gasteiger partial charge >= 0.3 is 6.09 Å². The first kappa shape index (κ1) is 19.5. The molecule has 0 saturated heterocycles. The van der Waals surface area contributed by atoms with E-state index in [1.165, 1.54) is 4.90 Å². The van der Waals surface area contributed by atoms with Crippen LogP contribution < -0.4 is 4.74 Å². The molecule has 2 rings (SSSR count). The van der Waals surface area contributed by atoms with E-state index in [4.69, 9.17) is 4.74 Å². The highest BCUT2D eigenvalue weighted by atomic mass is 16.5. The second-order valence-electron chi connectivity index (χ2n) is 6.27. The van der Waals surface area contributed by atoms with Crippen LogP contribution in [0.4, 0.5) is 4.79 Å². The van der Waals surface area contributed by atoms with Crippen LogP contribution >= 0.6 is 0 Å². The maximum absolute atomic E-state index is 12.4. The zero-order valence-corrected chi connectivity index (χ0v) is 15.2. The molecule has 0 aliphatic carbocycles. The molecule has 0 fully saturated rings. The van der Waals surface area contributed by atoms with E-state index in [0.29, 0.717) is 17.9 Å². The van der Waals surface area contributed by atoms with Crippen LogP contribution in [0, 0.1) is 0 Å². The second kappa shape index (κ2) is 9.61. The zero-order valence-electron chi connectivity index (χ0n) is 15.2. The monoisotopic (exact) mass is 355 g/mol. The van der Waals surface area contributed by atoms with Gasteiger partial charge in [-0.3, -0.25) is 9.69 Å². The minimum Gasteiger partial charge on any atom is -0.489 e. The molecule has 1 N–H and O–H groups in total. The number of ether oxygens (including phenoxy) is 1. The van der Waals surface area contributed by atoms with Crippen molar-refractivity contribution in [3.8, 4) is 5.75 Å². The van der Waals surface area contributed by atoms with E-state index in [1.54, 1.807) is 24.3 Å². The Kier molecular flexibility index (Phi) is 7.21. The van der Waals surface area contributed by atoms with Gasteiger partial charge in [0.15, 0.2) is 5.78 Å². The summed E-state index contributed by atoms with van der Waals surface area (Å²) in [6.07, 6.45) is 0.528. The Balaban J connectivity index is 1.95. The van der Waals surface area contributed by atoms with Gasteiger partial charge in [-0.1, -0.05) is 43.7 Å². The highest BCUT2D eigenvalue weighted by Crippen LogP contribution is 2.16. The number of benzene rings is 2. The average Bonchev–Trinajstić information content (AvgIpc) is 2.65. The van der Waals surface area contributed by atoms with Gasteiger partial charge in [0.1, 0.15) is 12.4 Å².